The molecular formula is C13H17NO3S. The Morgan fingerprint density at radius 3 is 2.61 bits per heavy atom. The number of rotatable bonds is 7. The van der Waals surface area contributed by atoms with Crippen molar-refractivity contribution in [3.8, 4) is 0 Å². The molecule has 1 atom stereocenters. The van der Waals surface area contributed by atoms with Gasteiger partial charge in [-0.05, 0) is 12.0 Å². The van der Waals surface area contributed by atoms with Crippen molar-refractivity contribution in [1.82, 2.24) is 5.32 Å². The first-order valence-corrected chi connectivity index (χ1v) is 6.41. The number of ketones is 1. The van der Waals surface area contributed by atoms with Crippen LogP contribution in [-0.4, -0.2) is 35.2 Å². The van der Waals surface area contributed by atoms with Crippen molar-refractivity contribution in [3.63, 3.8) is 0 Å². The number of carbonyl (C=O) groups excluding carboxylic acids is 1. The molecule has 0 saturated carbocycles. The minimum Gasteiger partial charge on any atom is -0.480 e. The van der Waals surface area contributed by atoms with E-state index in [0.717, 1.165) is 12.0 Å². The van der Waals surface area contributed by atoms with Crippen LogP contribution >= 0.6 is 12.6 Å². The first kappa shape index (κ1) is 14.7. The molecule has 0 saturated heterocycles. The van der Waals surface area contributed by atoms with Crippen molar-refractivity contribution in [2.75, 3.05) is 12.3 Å². The van der Waals surface area contributed by atoms with Gasteiger partial charge in [0.2, 0.25) is 0 Å². The zero-order valence-electron chi connectivity index (χ0n) is 10.2. The van der Waals surface area contributed by atoms with Gasteiger partial charge in [-0.15, -0.1) is 0 Å². The molecule has 0 amide bonds. The lowest BCUT2D eigenvalue weighted by Crippen LogP contribution is -2.41. The van der Waals surface area contributed by atoms with Crippen molar-refractivity contribution in [1.29, 1.82) is 0 Å². The smallest absolute Gasteiger partial charge is 0.321 e. The third-order valence-electron chi connectivity index (χ3n) is 2.69. The van der Waals surface area contributed by atoms with E-state index in [4.69, 9.17) is 5.11 Å². The SMILES string of the molecule is CCc1ccccc1C(=O)CN[C@H](CS)C(=O)O. The molecule has 0 heterocycles. The average Bonchev–Trinajstić information content (AvgIpc) is 2.38. The maximum absolute atomic E-state index is 12.0. The predicted octanol–water partition coefficient (Wildman–Crippen LogP) is 1.40. The van der Waals surface area contributed by atoms with Gasteiger partial charge < -0.3 is 5.11 Å². The van der Waals surface area contributed by atoms with Gasteiger partial charge in [-0.25, -0.2) is 0 Å². The van der Waals surface area contributed by atoms with E-state index in [0.29, 0.717) is 5.56 Å². The number of aryl methyl sites for hydroxylation is 1. The van der Waals surface area contributed by atoms with Crippen molar-refractivity contribution in [2.24, 2.45) is 0 Å². The van der Waals surface area contributed by atoms with Gasteiger partial charge in [0, 0.05) is 11.3 Å². The number of nitrogens with one attached hydrogen (secondary N) is 1. The second-order valence-electron chi connectivity index (χ2n) is 3.89. The number of Topliss-reactive ketones (excluding diaryl/α,β-unsaturated/α-hetero) is 1. The monoisotopic (exact) mass is 267 g/mol. The van der Waals surface area contributed by atoms with Crippen molar-refractivity contribution in [3.05, 3.63) is 35.4 Å². The van der Waals surface area contributed by atoms with Crippen LogP contribution in [0.15, 0.2) is 24.3 Å². The van der Waals surface area contributed by atoms with Crippen LogP contribution in [0.4, 0.5) is 0 Å². The number of benzene rings is 1. The van der Waals surface area contributed by atoms with Crippen LogP contribution in [-0.2, 0) is 11.2 Å². The van der Waals surface area contributed by atoms with E-state index >= 15 is 0 Å². The van der Waals surface area contributed by atoms with Crippen LogP contribution in [0.5, 0.6) is 0 Å². The van der Waals surface area contributed by atoms with Crippen LogP contribution in [0.3, 0.4) is 0 Å². The number of carboxylic acids is 1. The molecular weight excluding hydrogens is 250 g/mol. The summed E-state index contributed by atoms with van der Waals surface area (Å²) in [5.74, 6) is -0.944. The fourth-order valence-electron chi connectivity index (χ4n) is 1.64. The molecule has 0 spiro atoms. The highest BCUT2D eigenvalue weighted by atomic mass is 32.1. The quantitative estimate of drug-likeness (QED) is 0.516. The standard InChI is InChI=1S/C13H17NO3S/c1-2-9-5-3-4-6-10(9)12(15)7-14-11(8-18)13(16)17/h3-6,11,14,18H,2,7-8H2,1H3,(H,16,17)/t11-/m1/s1. The van der Waals surface area contributed by atoms with Gasteiger partial charge in [-0.2, -0.15) is 12.6 Å². The fraction of sp³-hybridized carbons (Fsp3) is 0.385. The zero-order chi connectivity index (χ0) is 13.5. The number of carboxylic acid groups (broad SMARTS) is 1. The van der Waals surface area contributed by atoms with Crippen LogP contribution in [0.2, 0.25) is 0 Å². The Morgan fingerprint density at radius 1 is 1.39 bits per heavy atom. The summed E-state index contributed by atoms with van der Waals surface area (Å²) in [4.78, 5) is 22.8. The van der Waals surface area contributed by atoms with E-state index in [1.165, 1.54) is 0 Å². The lowest BCUT2D eigenvalue weighted by atomic mass is 10.0. The normalized spacial score (nSPS) is 12.1. The Labute approximate surface area is 112 Å². The second kappa shape index (κ2) is 7.18. The van der Waals surface area contributed by atoms with E-state index in [2.05, 4.69) is 17.9 Å². The van der Waals surface area contributed by atoms with E-state index in [9.17, 15) is 9.59 Å². The average molecular weight is 267 g/mol. The number of thiol groups is 1. The molecule has 0 aliphatic heterocycles. The molecule has 2 N–H and O–H groups in total. The molecule has 0 unspecified atom stereocenters. The minimum atomic E-state index is -0.999. The molecule has 5 heteroatoms. The van der Waals surface area contributed by atoms with Gasteiger partial charge in [0.05, 0.1) is 6.54 Å². The predicted molar refractivity (Wildman–Crippen MR) is 73.4 cm³/mol. The lowest BCUT2D eigenvalue weighted by Gasteiger charge is -2.12. The van der Waals surface area contributed by atoms with Gasteiger partial charge in [0.1, 0.15) is 6.04 Å². The summed E-state index contributed by atoms with van der Waals surface area (Å²) in [6.45, 7) is 1.99. The Hall–Kier alpha value is -1.33. The van der Waals surface area contributed by atoms with E-state index < -0.39 is 12.0 Å². The number of aliphatic carboxylic acids is 1. The molecule has 18 heavy (non-hydrogen) atoms. The highest BCUT2D eigenvalue weighted by Crippen LogP contribution is 2.09. The Kier molecular flexibility index (Phi) is 5.88. The van der Waals surface area contributed by atoms with Gasteiger partial charge in [-0.1, -0.05) is 31.2 Å². The summed E-state index contributed by atoms with van der Waals surface area (Å²) in [5.41, 5.74) is 1.62. The molecule has 1 aromatic rings. The molecule has 0 fully saturated rings. The fourth-order valence-corrected chi connectivity index (χ4v) is 1.93. The molecule has 0 aliphatic carbocycles. The summed E-state index contributed by atoms with van der Waals surface area (Å²) in [6, 6.07) is 6.56. The zero-order valence-corrected chi connectivity index (χ0v) is 11.1. The Balaban J connectivity index is 2.68. The van der Waals surface area contributed by atoms with Gasteiger partial charge in [0.25, 0.3) is 0 Å². The summed E-state index contributed by atoms with van der Waals surface area (Å²) in [7, 11) is 0. The maximum Gasteiger partial charge on any atom is 0.321 e. The van der Waals surface area contributed by atoms with E-state index in [1.807, 2.05) is 19.1 Å². The molecule has 0 radical (unpaired) electrons. The minimum absolute atomic E-state index is 0.00847. The van der Waals surface area contributed by atoms with Crippen molar-refractivity contribution >= 4 is 24.4 Å². The maximum atomic E-state index is 12.0. The third kappa shape index (κ3) is 3.85. The number of hydrogen-bond acceptors (Lipinski definition) is 4. The topological polar surface area (TPSA) is 66.4 Å². The third-order valence-corrected chi connectivity index (χ3v) is 3.05. The molecule has 1 rings (SSSR count). The number of hydrogen-bond donors (Lipinski definition) is 3. The molecule has 1 aromatic carbocycles. The number of carbonyl (C=O) groups is 2. The molecule has 4 nitrogen and oxygen atoms in total. The highest BCUT2D eigenvalue weighted by Gasteiger charge is 2.17. The van der Waals surface area contributed by atoms with Gasteiger partial charge in [-0.3, -0.25) is 14.9 Å². The van der Waals surface area contributed by atoms with Crippen LogP contribution < -0.4 is 5.32 Å². The Morgan fingerprint density at radius 2 is 2.06 bits per heavy atom. The highest BCUT2D eigenvalue weighted by molar-refractivity contribution is 7.80. The van der Waals surface area contributed by atoms with Crippen LogP contribution in [0.25, 0.3) is 0 Å². The molecule has 98 valence electrons. The van der Waals surface area contributed by atoms with Gasteiger partial charge in [0.15, 0.2) is 5.78 Å². The van der Waals surface area contributed by atoms with Gasteiger partial charge >= 0.3 is 5.97 Å². The summed E-state index contributed by atoms with van der Waals surface area (Å²) >= 11 is 3.93. The molecule has 0 bridgehead atoms. The summed E-state index contributed by atoms with van der Waals surface area (Å²) in [6.07, 6.45) is 0.775. The Bertz CT molecular complexity index is 434. The van der Waals surface area contributed by atoms with E-state index in [-0.39, 0.29) is 18.1 Å². The van der Waals surface area contributed by atoms with Crippen molar-refractivity contribution in [2.45, 2.75) is 19.4 Å². The first-order valence-electron chi connectivity index (χ1n) is 5.78. The van der Waals surface area contributed by atoms with Crippen LogP contribution in [0, 0.1) is 0 Å². The van der Waals surface area contributed by atoms with Crippen LogP contribution in [0.1, 0.15) is 22.8 Å². The second-order valence-corrected chi connectivity index (χ2v) is 4.25. The van der Waals surface area contributed by atoms with E-state index in [1.54, 1.807) is 12.1 Å². The largest absolute Gasteiger partial charge is 0.480 e. The summed E-state index contributed by atoms with van der Waals surface area (Å²) in [5, 5.41) is 11.5. The molecule has 0 aliphatic rings. The van der Waals surface area contributed by atoms with Crippen molar-refractivity contribution < 1.29 is 14.7 Å². The lowest BCUT2D eigenvalue weighted by molar-refractivity contribution is -0.138. The first-order chi connectivity index (χ1) is 8.60. The summed E-state index contributed by atoms with van der Waals surface area (Å²) < 4.78 is 0. The molecule has 0 aromatic heterocycles.